The smallest absolute Gasteiger partial charge is 0.303 e. The van der Waals surface area contributed by atoms with E-state index in [1.54, 1.807) is 0 Å². The van der Waals surface area contributed by atoms with Gasteiger partial charge in [0, 0.05) is 17.4 Å². The molecule has 0 saturated carbocycles. The average molecular weight is 318 g/mol. The Labute approximate surface area is 112 Å². The number of halogens is 2. The molecule has 0 aliphatic carbocycles. The van der Waals surface area contributed by atoms with Crippen LogP contribution in [0, 0.1) is 5.82 Å². The lowest BCUT2D eigenvalue weighted by molar-refractivity contribution is -0.137. The monoisotopic (exact) mass is 317 g/mol. The number of benzene rings is 1. The summed E-state index contributed by atoms with van der Waals surface area (Å²) in [6.45, 7) is 0.399. The van der Waals surface area contributed by atoms with Crippen LogP contribution in [0.2, 0.25) is 0 Å². The molecule has 4 nitrogen and oxygen atoms in total. The van der Waals surface area contributed by atoms with Crippen molar-refractivity contribution in [2.24, 2.45) is 0 Å². The Hall–Kier alpha value is -1.43. The zero-order chi connectivity index (χ0) is 13.5. The third kappa shape index (κ3) is 4.83. The third-order valence-corrected chi connectivity index (χ3v) is 2.93. The first-order valence-corrected chi connectivity index (χ1v) is 6.25. The topological polar surface area (TPSA) is 66.4 Å². The van der Waals surface area contributed by atoms with Gasteiger partial charge in [-0.2, -0.15) is 0 Å². The number of aliphatic carboxylic acids is 1. The quantitative estimate of drug-likeness (QED) is 0.792. The Morgan fingerprint density at radius 3 is 2.67 bits per heavy atom. The number of carbonyl (C=O) groups is 2. The van der Waals surface area contributed by atoms with Crippen LogP contribution in [-0.4, -0.2) is 23.5 Å². The molecule has 0 aliphatic rings. The summed E-state index contributed by atoms with van der Waals surface area (Å²) in [6, 6.07) is 3.83. The van der Waals surface area contributed by atoms with Gasteiger partial charge in [-0.3, -0.25) is 9.59 Å². The zero-order valence-corrected chi connectivity index (χ0v) is 11.2. The lowest BCUT2D eigenvalue weighted by atomic mass is 10.2. The summed E-state index contributed by atoms with van der Waals surface area (Å²) >= 11 is 3.11. The van der Waals surface area contributed by atoms with Crippen molar-refractivity contribution in [2.45, 2.75) is 19.3 Å². The summed E-state index contributed by atoms with van der Waals surface area (Å²) in [5.41, 5.74) is 0.356. The van der Waals surface area contributed by atoms with Crippen LogP contribution < -0.4 is 5.32 Å². The van der Waals surface area contributed by atoms with E-state index in [1.165, 1.54) is 18.2 Å². The minimum absolute atomic E-state index is 0.0934. The fourth-order valence-electron chi connectivity index (χ4n) is 1.37. The molecule has 1 rings (SSSR count). The molecule has 0 heterocycles. The minimum Gasteiger partial charge on any atom is -0.481 e. The highest BCUT2D eigenvalue weighted by Crippen LogP contribution is 2.17. The van der Waals surface area contributed by atoms with Crippen LogP contribution in [0.1, 0.15) is 29.6 Å². The Morgan fingerprint density at radius 2 is 2.06 bits per heavy atom. The van der Waals surface area contributed by atoms with Crippen molar-refractivity contribution in [3.8, 4) is 0 Å². The molecule has 0 aliphatic heterocycles. The van der Waals surface area contributed by atoms with Gasteiger partial charge in [-0.15, -0.1) is 0 Å². The van der Waals surface area contributed by atoms with Crippen LogP contribution >= 0.6 is 15.9 Å². The molecule has 0 fully saturated rings. The van der Waals surface area contributed by atoms with E-state index in [2.05, 4.69) is 21.2 Å². The Morgan fingerprint density at radius 1 is 1.33 bits per heavy atom. The van der Waals surface area contributed by atoms with Crippen molar-refractivity contribution >= 4 is 27.8 Å². The molecule has 1 aromatic carbocycles. The summed E-state index contributed by atoms with van der Waals surface area (Å²) in [5, 5.41) is 11.1. The van der Waals surface area contributed by atoms with Gasteiger partial charge in [0.25, 0.3) is 5.91 Å². The van der Waals surface area contributed by atoms with Gasteiger partial charge in [0.2, 0.25) is 0 Å². The van der Waals surface area contributed by atoms with E-state index in [9.17, 15) is 14.0 Å². The van der Waals surface area contributed by atoms with Gasteiger partial charge < -0.3 is 10.4 Å². The number of hydrogen-bond acceptors (Lipinski definition) is 2. The molecule has 0 spiro atoms. The highest BCUT2D eigenvalue weighted by Gasteiger charge is 2.09. The number of carbonyl (C=O) groups excluding carboxylic acids is 1. The summed E-state index contributed by atoms with van der Waals surface area (Å²) < 4.78 is 13.2. The fourth-order valence-corrected chi connectivity index (χ4v) is 1.90. The molecule has 98 valence electrons. The lowest BCUT2D eigenvalue weighted by Crippen LogP contribution is -2.24. The summed E-state index contributed by atoms with van der Waals surface area (Å²) in [5.74, 6) is -1.57. The van der Waals surface area contributed by atoms with Crippen molar-refractivity contribution in [2.75, 3.05) is 6.54 Å². The van der Waals surface area contributed by atoms with E-state index in [-0.39, 0.29) is 12.3 Å². The summed E-state index contributed by atoms with van der Waals surface area (Å²) in [6.07, 6.45) is 1.20. The molecule has 0 atom stereocenters. The van der Waals surface area contributed by atoms with Crippen molar-refractivity contribution in [3.63, 3.8) is 0 Å². The Bertz CT molecular complexity index is 451. The maximum Gasteiger partial charge on any atom is 0.303 e. The number of unbranched alkanes of at least 4 members (excludes halogenated alkanes) is 1. The number of carboxylic acids is 1. The molecular formula is C12H13BrFNO3. The number of nitrogens with one attached hydrogen (secondary N) is 1. The van der Waals surface area contributed by atoms with E-state index in [0.717, 1.165) is 0 Å². The number of rotatable bonds is 6. The molecule has 1 aromatic rings. The van der Waals surface area contributed by atoms with Crippen molar-refractivity contribution in [1.29, 1.82) is 0 Å². The number of hydrogen-bond donors (Lipinski definition) is 2. The van der Waals surface area contributed by atoms with Gasteiger partial charge in [0.1, 0.15) is 5.82 Å². The lowest BCUT2D eigenvalue weighted by Gasteiger charge is -2.06. The summed E-state index contributed by atoms with van der Waals surface area (Å²) in [4.78, 5) is 22.0. The van der Waals surface area contributed by atoms with E-state index in [4.69, 9.17) is 5.11 Å². The number of carboxylic acid groups (broad SMARTS) is 1. The highest BCUT2D eigenvalue weighted by atomic mass is 79.9. The first kappa shape index (κ1) is 14.6. The van der Waals surface area contributed by atoms with E-state index < -0.39 is 11.8 Å². The molecule has 0 saturated heterocycles. The van der Waals surface area contributed by atoms with Gasteiger partial charge in [0.15, 0.2) is 0 Å². The van der Waals surface area contributed by atoms with Crippen LogP contribution in [-0.2, 0) is 4.79 Å². The molecule has 1 amide bonds. The van der Waals surface area contributed by atoms with Crippen LogP contribution in [0.5, 0.6) is 0 Å². The predicted octanol–water partition coefficient (Wildman–Crippen LogP) is 2.57. The Balaban J connectivity index is 2.39. The van der Waals surface area contributed by atoms with E-state index in [1.807, 2.05) is 0 Å². The second kappa shape index (κ2) is 7.10. The second-order valence-corrected chi connectivity index (χ2v) is 4.59. The molecule has 2 N–H and O–H groups in total. The minimum atomic E-state index is -0.845. The first-order chi connectivity index (χ1) is 8.50. The van der Waals surface area contributed by atoms with Crippen LogP contribution in [0.4, 0.5) is 4.39 Å². The van der Waals surface area contributed by atoms with E-state index in [0.29, 0.717) is 29.4 Å². The predicted molar refractivity (Wildman–Crippen MR) is 67.9 cm³/mol. The molecule has 0 unspecified atom stereocenters. The summed E-state index contributed by atoms with van der Waals surface area (Å²) in [7, 11) is 0. The van der Waals surface area contributed by atoms with Crippen LogP contribution in [0.25, 0.3) is 0 Å². The van der Waals surface area contributed by atoms with E-state index >= 15 is 0 Å². The standard InChI is InChI=1S/C12H13BrFNO3/c13-10-7-8(14)4-5-9(10)12(18)15-6-2-1-3-11(16)17/h4-5,7H,1-3,6H2,(H,15,18)(H,16,17). The van der Waals surface area contributed by atoms with Gasteiger partial charge in [-0.1, -0.05) is 0 Å². The molecular weight excluding hydrogens is 305 g/mol. The number of amides is 1. The molecule has 18 heavy (non-hydrogen) atoms. The van der Waals surface area contributed by atoms with Crippen molar-refractivity contribution in [3.05, 3.63) is 34.1 Å². The maximum atomic E-state index is 12.8. The Kier molecular flexibility index (Phi) is 5.77. The molecule has 0 aromatic heterocycles. The van der Waals surface area contributed by atoms with Crippen molar-refractivity contribution in [1.82, 2.24) is 5.32 Å². The molecule has 0 bridgehead atoms. The average Bonchev–Trinajstić information content (AvgIpc) is 2.27. The van der Waals surface area contributed by atoms with Crippen molar-refractivity contribution < 1.29 is 19.1 Å². The zero-order valence-electron chi connectivity index (χ0n) is 9.58. The largest absolute Gasteiger partial charge is 0.481 e. The fraction of sp³-hybridized carbons (Fsp3) is 0.333. The normalized spacial score (nSPS) is 10.1. The molecule has 0 radical (unpaired) electrons. The second-order valence-electron chi connectivity index (χ2n) is 3.73. The van der Waals surface area contributed by atoms with Gasteiger partial charge in [-0.25, -0.2) is 4.39 Å². The first-order valence-electron chi connectivity index (χ1n) is 5.45. The SMILES string of the molecule is O=C(O)CCCCNC(=O)c1ccc(F)cc1Br. The van der Waals surface area contributed by atoms with Gasteiger partial charge in [0.05, 0.1) is 5.56 Å². The third-order valence-electron chi connectivity index (χ3n) is 2.28. The molecule has 6 heteroatoms. The van der Waals surface area contributed by atoms with Crippen LogP contribution in [0.3, 0.4) is 0 Å². The van der Waals surface area contributed by atoms with Crippen LogP contribution in [0.15, 0.2) is 22.7 Å². The van der Waals surface area contributed by atoms with Gasteiger partial charge in [-0.05, 0) is 47.0 Å². The maximum absolute atomic E-state index is 12.8. The highest BCUT2D eigenvalue weighted by molar-refractivity contribution is 9.10. The van der Waals surface area contributed by atoms with Gasteiger partial charge >= 0.3 is 5.97 Å².